The lowest BCUT2D eigenvalue weighted by molar-refractivity contribution is -0.177. The van der Waals surface area contributed by atoms with Crippen molar-refractivity contribution in [3.05, 3.63) is 42.0 Å². The van der Waals surface area contributed by atoms with Gasteiger partial charge in [-0.15, -0.1) is 0 Å². The van der Waals surface area contributed by atoms with Crippen LogP contribution in [0.4, 0.5) is 13.2 Å². The van der Waals surface area contributed by atoms with Gasteiger partial charge in [0.15, 0.2) is 6.29 Å². The van der Waals surface area contributed by atoms with Crippen LogP contribution in [0.2, 0.25) is 0 Å². The number of alkyl halides is 3. The molecular weight excluding hydrogens is 365 g/mol. The van der Waals surface area contributed by atoms with Crippen LogP contribution in [0.1, 0.15) is 24.8 Å². The summed E-state index contributed by atoms with van der Waals surface area (Å²) in [4.78, 5) is 0. The van der Waals surface area contributed by atoms with E-state index in [9.17, 15) is 28.5 Å². The quantitative estimate of drug-likeness (QED) is 0.676. The molecule has 1 aromatic rings. The van der Waals surface area contributed by atoms with Gasteiger partial charge < -0.3 is 24.8 Å². The maximum Gasteiger partial charge on any atom is 0.416 e. The highest BCUT2D eigenvalue weighted by atomic mass is 19.4. The van der Waals surface area contributed by atoms with Crippen LogP contribution in [0.15, 0.2) is 36.4 Å². The lowest BCUT2D eigenvalue weighted by Crippen LogP contribution is -2.33. The van der Waals surface area contributed by atoms with Gasteiger partial charge in [-0.05, 0) is 37.0 Å². The van der Waals surface area contributed by atoms with Gasteiger partial charge in [-0.2, -0.15) is 13.2 Å². The lowest BCUT2D eigenvalue weighted by Gasteiger charge is -2.31. The zero-order valence-corrected chi connectivity index (χ0v) is 14.5. The number of fused-ring (bicyclic) bond motifs is 1. The van der Waals surface area contributed by atoms with Gasteiger partial charge in [0.2, 0.25) is 0 Å². The standard InChI is InChI=1S/C19H23F3O5/c20-19(21,22)11-2-1-3-13(8-11)26-10-12(23)4-5-14-15-6-7-18(25)27-17(15)9-16(14)24/h1-5,8,12,14-18,23-25H,6-7,9-10H2/b5-4+/t12-,14-,15-,16-,17+,18?/m1/s1. The minimum absolute atomic E-state index is 0.0212. The van der Waals surface area contributed by atoms with Crippen molar-refractivity contribution in [1.82, 2.24) is 0 Å². The minimum atomic E-state index is -4.46. The number of rotatable bonds is 5. The maximum atomic E-state index is 12.7. The molecule has 6 atom stereocenters. The number of aliphatic hydroxyl groups excluding tert-OH is 3. The van der Waals surface area contributed by atoms with Crippen molar-refractivity contribution in [2.45, 2.75) is 50.0 Å². The first-order valence-corrected chi connectivity index (χ1v) is 8.92. The number of aliphatic hydroxyl groups is 3. The van der Waals surface area contributed by atoms with E-state index in [1.54, 1.807) is 6.08 Å². The summed E-state index contributed by atoms with van der Waals surface area (Å²) < 4.78 is 48.8. The molecule has 1 aliphatic carbocycles. The van der Waals surface area contributed by atoms with Crippen LogP contribution in [-0.2, 0) is 10.9 Å². The van der Waals surface area contributed by atoms with Crippen LogP contribution in [0.3, 0.4) is 0 Å². The molecule has 8 heteroatoms. The van der Waals surface area contributed by atoms with Gasteiger partial charge in [-0.1, -0.05) is 18.2 Å². The molecule has 3 rings (SSSR count). The number of halogens is 3. The van der Waals surface area contributed by atoms with Crippen molar-refractivity contribution < 1.29 is 38.0 Å². The molecular formula is C19H23F3O5. The summed E-state index contributed by atoms with van der Waals surface area (Å²) in [6.07, 6.45) is -2.29. The summed E-state index contributed by atoms with van der Waals surface area (Å²) in [5.41, 5.74) is -0.815. The Morgan fingerprint density at radius 2 is 2.04 bits per heavy atom. The zero-order chi connectivity index (χ0) is 19.6. The van der Waals surface area contributed by atoms with Crippen LogP contribution in [0.5, 0.6) is 5.75 Å². The van der Waals surface area contributed by atoms with Gasteiger partial charge in [-0.3, -0.25) is 0 Å². The third-order valence-corrected chi connectivity index (χ3v) is 5.11. The van der Waals surface area contributed by atoms with Gasteiger partial charge in [0.1, 0.15) is 18.5 Å². The van der Waals surface area contributed by atoms with Crippen molar-refractivity contribution in [3.8, 4) is 5.75 Å². The number of hydrogen-bond acceptors (Lipinski definition) is 5. The van der Waals surface area contributed by atoms with Gasteiger partial charge in [-0.25, -0.2) is 0 Å². The summed E-state index contributed by atoms with van der Waals surface area (Å²) in [6, 6.07) is 4.46. The number of benzene rings is 1. The summed E-state index contributed by atoms with van der Waals surface area (Å²) in [6.45, 7) is -0.204. The Balaban J connectivity index is 1.54. The van der Waals surface area contributed by atoms with E-state index in [2.05, 4.69) is 0 Å². The first-order valence-electron chi connectivity index (χ1n) is 8.92. The van der Waals surface area contributed by atoms with Crippen molar-refractivity contribution in [2.24, 2.45) is 11.8 Å². The molecule has 150 valence electrons. The Morgan fingerprint density at radius 1 is 1.26 bits per heavy atom. The van der Waals surface area contributed by atoms with E-state index in [0.29, 0.717) is 19.3 Å². The molecule has 1 saturated heterocycles. The average Bonchev–Trinajstić information content (AvgIpc) is 2.92. The predicted molar refractivity (Wildman–Crippen MR) is 89.8 cm³/mol. The van der Waals surface area contributed by atoms with E-state index in [-0.39, 0.29) is 30.3 Å². The molecule has 2 fully saturated rings. The van der Waals surface area contributed by atoms with Crippen LogP contribution in [0.25, 0.3) is 0 Å². The van der Waals surface area contributed by atoms with E-state index >= 15 is 0 Å². The van der Waals surface area contributed by atoms with Gasteiger partial charge in [0.25, 0.3) is 0 Å². The maximum absolute atomic E-state index is 12.7. The normalized spacial score (nSPS) is 32.4. The third-order valence-electron chi connectivity index (χ3n) is 5.11. The van der Waals surface area contributed by atoms with Crippen LogP contribution in [-0.4, -0.2) is 46.5 Å². The van der Waals surface area contributed by atoms with Crippen molar-refractivity contribution in [3.63, 3.8) is 0 Å². The lowest BCUT2D eigenvalue weighted by atomic mass is 9.87. The molecule has 0 bridgehead atoms. The Bertz CT molecular complexity index is 663. The summed E-state index contributed by atoms with van der Waals surface area (Å²) in [5, 5.41) is 29.8. The van der Waals surface area contributed by atoms with Crippen LogP contribution < -0.4 is 4.74 Å². The van der Waals surface area contributed by atoms with Gasteiger partial charge in [0.05, 0.1) is 17.8 Å². The fraction of sp³-hybridized carbons (Fsp3) is 0.579. The second-order valence-corrected chi connectivity index (χ2v) is 7.04. The molecule has 1 heterocycles. The highest BCUT2D eigenvalue weighted by Gasteiger charge is 2.44. The van der Waals surface area contributed by atoms with E-state index in [0.717, 1.165) is 12.1 Å². The predicted octanol–water partition coefficient (Wildman–Crippen LogP) is 2.50. The number of hydrogen-bond donors (Lipinski definition) is 3. The molecule has 0 spiro atoms. The molecule has 1 aliphatic heterocycles. The third kappa shape index (κ3) is 5.01. The largest absolute Gasteiger partial charge is 0.491 e. The topological polar surface area (TPSA) is 79.2 Å². The molecule has 0 amide bonds. The molecule has 1 aromatic carbocycles. The summed E-state index contributed by atoms with van der Waals surface area (Å²) >= 11 is 0. The molecule has 1 unspecified atom stereocenters. The first-order chi connectivity index (χ1) is 12.7. The molecule has 2 aliphatic rings. The van der Waals surface area contributed by atoms with E-state index in [1.807, 2.05) is 0 Å². The summed E-state index contributed by atoms with van der Waals surface area (Å²) in [5.74, 6) is -0.116. The second kappa shape index (κ2) is 8.18. The monoisotopic (exact) mass is 388 g/mol. The van der Waals surface area contributed by atoms with E-state index < -0.39 is 30.2 Å². The smallest absolute Gasteiger partial charge is 0.416 e. The van der Waals surface area contributed by atoms with Gasteiger partial charge in [0, 0.05) is 12.3 Å². The average molecular weight is 388 g/mol. The van der Waals surface area contributed by atoms with E-state index in [4.69, 9.17) is 9.47 Å². The van der Waals surface area contributed by atoms with Crippen molar-refractivity contribution in [2.75, 3.05) is 6.61 Å². The summed E-state index contributed by atoms with van der Waals surface area (Å²) in [7, 11) is 0. The fourth-order valence-electron chi connectivity index (χ4n) is 3.77. The second-order valence-electron chi connectivity index (χ2n) is 7.04. The van der Waals surface area contributed by atoms with E-state index in [1.165, 1.54) is 18.2 Å². The molecule has 0 aromatic heterocycles. The zero-order valence-electron chi connectivity index (χ0n) is 14.5. The van der Waals surface area contributed by atoms with Crippen LogP contribution >= 0.6 is 0 Å². The van der Waals surface area contributed by atoms with Crippen molar-refractivity contribution in [1.29, 1.82) is 0 Å². The molecule has 5 nitrogen and oxygen atoms in total. The Labute approximate surface area is 155 Å². The molecule has 1 saturated carbocycles. The molecule has 27 heavy (non-hydrogen) atoms. The number of ether oxygens (including phenoxy) is 2. The SMILES string of the molecule is OC1CC[C@@H]2[C@@H](/C=C/[C@@H](O)COc3cccc(C(F)(F)F)c3)[C@H](O)C[C@@H]2O1. The Hall–Kier alpha value is -1.61. The minimum Gasteiger partial charge on any atom is -0.491 e. The van der Waals surface area contributed by atoms with Crippen molar-refractivity contribution >= 4 is 0 Å². The highest BCUT2D eigenvalue weighted by molar-refractivity contribution is 5.30. The fourth-order valence-corrected chi connectivity index (χ4v) is 3.77. The highest BCUT2D eigenvalue weighted by Crippen LogP contribution is 2.42. The molecule has 3 N–H and O–H groups in total. The first kappa shape index (κ1) is 20.1. The Kier molecular flexibility index (Phi) is 6.10. The molecule has 0 radical (unpaired) electrons. The van der Waals surface area contributed by atoms with Gasteiger partial charge >= 0.3 is 6.18 Å². The van der Waals surface area contributed by atoms with Crippen LogP contribution in [0, 0.1) is 11.8 Å². The Morgan fingerprint density at radius 3 is 2.78 bits per heavy atom.